The maximum atomic E-state index is 12.1. The summed E-state index contributed by atoms with van der Waals surface area (Å²) in [5, 5.41) is 8.73. The Labute approximate surface area is 136 Å². The molecule has 0 aliphatic carbocycles. The highest BCUT2D eigenvalue weighted by molar-refractivity contribution is 7.99. The van der Waals surface area contributed by atoms with Crippen LogP contribution in [0, 0.1) is 0 Å². The van der Waals surface area contributed by atoms with Gasteiger partial charge in [-0.2, -0.15) is 0 Å². The van der Waals surface area contributed by atoms with Gasteiger partial charge in [0.2, 0.25) is 5.89 Å². The van der Waals surface area contributed by atoms with Crippen LogP contribution in [0.5, 0.6) is 0 Å². The average molecular weight is 331 g/mol. The third-order valence-corrected chi connectivity index (χ3v) is 4.08. The molecule has 0 unspecified atom stereocenters. The summed E-state index contributed by atoms with van der Waals surface area (Å²) in [7, 11) is 0. The van der Waals surface area contributed by atoms with Gasteiger partial charge in [-0.3, -0.25) is 4.79 Å². The number of halogens is 1. The first kappa shape index (κ1) is 14.8. The molecule has 110 valence electrons. The number of rotatable bonds is 5. The SMILES string of the molecule is O=C(CSc1nnc(-c2ccccc2)o1)c1ccccc1Cl. The lowest BCUT2D eigenvalue weighted by atomic mass is 10.1. The second kappa shape index (κ2) is 6.77. The fraction of sp³-hybridized carbons (Fsp3) is 0.0625. The van der Waals surface area contributed by atoms with E-state index in [1.165, 1.54) is 11.8 Å². The smallest absolute Gasteiger partial charge is 0.277 e. The number of carbonyl (C=O) groups is 1. The minimum Gasteiger partial charge on any atom is -0.411 e. The molecule has 0 bridgehead atoms. The van der Waals surface area contributed by atoms with Gasteiger partial charge in [0.25, 0.3) is 5.22 Å². The van der Waals surface area contributed by atoms with E-state index in [4.69, 9.17) is 16.0 Å². The molecule has 0 N–H and O–H groups in total. The molecule has 0 spiro atoms. The van der Waals surface area contributed by atoms with Gasteiger partial charge in [-0.05, 0) is 24.3 Å². The number of Topliss-reactive ketones (excluding diaryl/α,β-unsaturated/α-hetero) is 1. The molecule has 0 fully saturated rings. The fourth-order valence-electron chi connectivity index (χ4n) is 1.86. The van der Waals surface area contributed by atoms with E-state index >= 15 is 0 Å². The van der Waals surface area contributed by atoms with Crippen LogP contribution in [0.4, 0.5) is 0 Å². The minimum atomic E-state index is -0.0740. The Balaban J connectivity index is 1.67. The predicted molar refractivity (Wildman–Crippen MR) is 86.2 cm³/mol. The Bertz CT molecular complexity index is 790. The van der Waals surface area contributed by atoms with E-state index in [0.717, 1.165) is 5.56 Å². The van der Waals surface area contributed by atoms with Crippen molar-refractivity contribution in [1.29, 1.82) is 0 Å². The molecule has 3 aromatic rings. The van der Waals surface area contributed by atoms with Crippen LogP contribution < -0.4 is 0 Å². The highest BCUT2D eigenvalue weighted by atomic mass is 35.5. The van der Waals surface area contributed by atoms with Crippen molar-refractivity contribution in [3.63, 3.8) is 0 Å². The highest BCUT2D eigenvalue weighted by Gasteiger charge is 2.13. The second-order valence-corrected chi connectivity index (χ2v) is 5.76. The second-order valence-electron chi connectivity index (χ2n) is 4.43. The molecule has 2 aromatic carbocycles. The molecule has 0 amide bonds. The third-order valence-electron chi connectivity index (χ3n) is 2.93. The number of aromatic nitrogens is 2. The van der Waals surface area contributed by atoms with Gasteiger partial charge in [-0.25, -0.2) is 0 Å². The van der Waals surface area contributed by atoms with Crippen molar-refractivity contribution in [3.05, 3.63) is 65.2 Å². The van der Waals surface area contributed by atoms with E-state index in [-0.39, 0.29) is 11.5 Å². The quantitative estimate of drug-likeness (QED) is 0.513. The van der Waals surface area contributed by atoms with Crippen LogP contribution in [0.2, 0.25) is 5.02 Å². The van der Waals surface area contributed by atoms with Crippen LogP contribution >= 0.6 is 23.4 Å². The van der Waals surface area contributed by atoms with Crippen LogP contribution in [-0.2, 0) is 0 Å². The van der Waals surface area contributed by atoms with Crippen molar-refractivity contribution in [2.24, 2.45) is 0 Å². The summed E-state index contributed by atoms with van der Waals surface area (Å²) in [6.07, 6.45) is 0. The third kappa shape index (κ3) is 3.37. The van der Waals surface area contributed by atoms with Crippen LogP contribution in [0.15, 0.2) is 64.2 Å². The van der Waals surface area contributed by atoms with Crippen molar-refractivity contribution in [2.45, 2.75) is 5.22 Å². The zero-order valence-electron chi connectivity index (χ0n) is 11.4. The zero-order chi connectivity index (χ0) is 15.4. The lowest BCUT2D eigenvalue weighted by Gasteiger charge is -2.01. The molecule has 3 rings (SSSR count). The standard InChI is InChI=1S/C16H11ClN2O2S/c17-13-9-5-4-8-12(13)14(20)10-22-16-19-18-15(21-16)11-6-2-1-3-7-11/h1-9H,10H2. The number of hydrogen-bond donors (Lipinski definition) is 0. The molecule has 0 saturated heterocycles. The molecule has 0 aliphatic rings. The molecule has 0 aliphatic heterocycles. The van der Waals surface area contributed by atoms with Gasteiger partial charge in [0.15, 0.2) is 5.78 Å². The summed E-state index contributed by atoms with van der Waals surface area (Å²) >= 11 is 7.20. The predicted octanol–water partition coefficient (Wildman–Crippen LogP) is 4.37. The Morgan fingerprint density at radius 1 is 1.05 bits per heavy atom. The van der Waals surface area contributed by atoms with Gasteiger partial charge in [-0.1, -0.05) is 53.7 Å². The van der Waals surface area contributed by atoms with Crippen molar-refractivity contribution in [1.82, 2.24) is 10.2 Å². The van der Waals surface area contributed by atoms with Gasteiger partial charge in [0, 0.05) is 11.1 Å². The Morgan fingerprint density at radius 3 is 2.55 bits per heavy atom. The van der Waals surface area contributed by atoms with Crippen LogP contribution in [0.25, 0.3) is 11.5 Å². The lowest BCUT2D eigenvalue weighted by molar-refractivity contribution is 0.102. The van der Waals surface area contributed by atoms with E-state index in [9.17, 15) is 4.79 Å². The molecule has 1 aromatic heterocycles. The van der Waals surface area contributed by atoms with E-state index < -0.39 is 0 Å². The Morgan fingerprint density at radius 2 is 1.77 bits per heavy atom. The van der Waals surface area contributed by atoms with Crippen LogP contribution in [-0.4, -0.2) is 21.7 Å². The number of hydrogen-bond acceptors (Lipinski definition) is 5. The van der Waals surface area contributed by atoms with Gasteiger partial charge in [-0.15, -0.1) is 10.2 Å². The van der Waals surface area contributed by atoms with Crippen molar-refractivity contribution >= 4 is 29.1 Å². The summed E-state index contributed by atoms with van der Waals surface area (Å²) < 4.78 is 5.54. The molecule has 0 atom stereocenters. The van der Waals surface area contributed by atoms with Crippen molar-refractivity contribution in [3.8, 4) is 11.5 Å². The molecule has 0 saturated carbocycles. The monoisotopic (exact) mass is 330 g/mol. The normalized spacial score (nSPS) is 10.6. The number of ketones is 1. The summed E-state index contributed by atoms with van der Waals surface area (Å²) in [5.41, 5.74) is 1.35. The van der Waals surface area contributed by atoms with Crippen LogP contribution in [0.3, 0.4) is 0 Å². The molecular weight excluding hydrogens is 320 g/mol. The summed E-state index contributed by atoms with van der Waals surface area (Å²) in [6, 6.07) is 16.4. The lowest BCUT2D eigenvalue weighted by Crippen LogP contribution is -2.02. The Hall–Kier alpha value is -2.11. The summed E-state index contributed by atoms with van der Waals surface area (Å²) in [6.45, 7) is 0. The van der Waals surface area contributed by atoms with E-state index in [1.807, 2.05) is 30.3 Å². The maximum absolute atomic E-state index is 12.1. The average Bonchev–Trinajstić information content (AvgIpc) is 3.03. The number of thioether (sulfide) groups is 1. The van der Waals surface area contributed by atoms with Crippen LogP contribution in [0.1, 0.15) is 10.4 Å². The maximum Gasteiger partial charge on any atom is 0.277 e. The molecule has 4 nitrogen and oxygen atoms in total. The molecule has 1 heterocycles. The number of benzene rings is 2. The summed E-state index contributed by atoms with van der Waals surface area (Å²) in [4.78, 5) is 12.1. The molecular formula is C16H11ClN2O2S. The number of nitrogens with zero attached hydrogens (tertiary/aromatic N) is 2. The van der Waals surface area contributed by atoms with Gasteiger partial charge < -0.3 is 4.42 Å². The fourth-order valence-corrected chi connectivity index (χ4v) is 2.75. The van der Waals surface area contributed by atoms with E-state index in [1.54, 1.807) is 24.3 Å². The summed E-state index contributed by atoms with van der Waals surface area (Å²) in [5.74, 6) is 0.559. The van der Waals surface area contributed by atoms with E-state index in [2.05, 4.69) is 10.2 Å². The van der Waals surface area contributed by atoms with E-state index in [0.29, 0.717) is 21.7 Å². The molecule has 6 heteroatoms. The van der Waals surface area contributed by atoms with Gasteiger partial charge >= 0.3 is 0 Å². The Kier molecular flexibility index (Phi) is 4.56. The molecule has 0 radical (unpaired) electrons. The van der Waals surface area contributed by atoms with Crippen molar-refractivity contribution < 1.29 is 9.21 Å². The first-order chi connectivity index (χ1) is 10.7. The largest absolute Gasteiger partial charge is 0.411 e. The first-order valence-corrected chi connectivity index (χ1v) is 7.90. The zero-order valence-corrected chi connectivity index (χ0v) is 13.0. The number of carbonyl (C=O) groups excluding carboxylic acids is 1. The molecule has 22 heavy (non-hydrogen) atoms. The van der Waals surface area contributed by atoms with Gasteiger partial charge in [0.1, 0.15) is 0 Å². The minimum absolute atomic E-state index is 0.0740. The first-order valence-electron chi connectivity index (χ1n) is 6.53. The topological polar surface area (TPSA) is 56.0 Å². The van der Waals surface area contributed by atoms with Gasteiger partial charge in [0.05, 0.1) is 10.8 Å². The van der Waals surface area contributed by atoms with Crippen molar-refractivity contribution in [2.75, 3.05) is 5.75 Å². The highest BCUT2D eigenvalue weighted by Crippen LogP contribution is 2.24.